The second kappa shape index (κ2) is 5.35. The van der Waals surface area contributed by atoms with E-state index < -0.39 is 5.97 Å². The van der Waals surface area contributed by atoms with Crippen molar-refractivity contribution in [1.82, 2.24) is 10.2 Å². The lowest BCUT2D eigenvalue weighted by Crippen LogP contribution is -2.03. The van der Waals surface area contributed by atoms with Gasteiger partial charge in [-0.25, -0.2) is 4.79 Å². The number of hydrogen-bond donors (Lipinski definition) is 2. The Morgan fingerprint density at radius 1 is 1.79 bits per heavy atom. The first-order valence-corrected chi connectivity index (χ1v) is 4.64. The second-order valence-electron chi connectivity index (χ2n) is 2.43. The van der Waals surface area contributed by atoms with Crippen LogP contribution >= 0.6 is 12.6 Å². The molecule has 0 bridgehead atoms. The van der Waals surface area contributed by atoms with Gasteiger partial charge in [-0.15, -0.1) is 0 Å². The summed E-state index contributed by atoms with van der Waals surface area (Å²) in [5.41, 5.74) is 0.845. The lowest BCUT2D eigenvalue weighted by Gasteiger charge is -1.93. The monoisotopic (exact) mass is 210 g/mol. The van der Waals surface area contributed by atoms with Crippen LogP contribution < -0.4 is 0 Å². The molecule has 1 aromatic rings. The lowest BCUT2D eigenvalue weighted by molar-refractivity contribution is 0.0593. The van der Waals surface area contributed by atoms with E-state index in [2.05, 4.69) is 39.4 Å². The number of hydrogen-bond acceptors (Lipinski definition) is 4. The third kappa shape index (κ3) is 2.54. The number of esters is 1. The Morgan fingerprint density at radius 2 is 2.57 bits per heavy atom. The van der Waals surface area contributed by atoms with E-state index in [1.54, 1.807) is 0 Å². The Balaban J connectivity index is 2.84. The molecule has 1 N–H and O–H groups in total. The zero-order valence-corrected chi connectivity index (χ0v) is 8.60. The van der Waals surface area contributed by atoms with Gasteiger partial charge >= 0.3 is 5.97 Å². The van der Waals surface area contributed by atoms with Gasteiger partial charge in [0.1, 0.15) is 0 Å². The average Bonchev–Trinajstić information content (AvgIpc) is 2.65. The van der Waals surface area contributed by atoms with Crippen LogP contribution in [-0.4, -0.2) is 29.0 Å². The highest BCUT2D eigenvalue weighted by Gasteiger charge is 2.11. The Bertz CT molecular complexity index is 376. The van der Waals surface area contributed by atoms with Gasteiger partial charge in [-0.1, -0.05) is 11.8 Å². The van der Waals surface area contributed by atoms with Crippen LogP contribution in [0.2, 0.25) is 0 Å². The van der Waals surface area contributed by atoms with Crippen LogP contribution in [0.25, 0.3) is 0 Å². The Labute approximate surface area is 87.4 Å². The van der Waals surface area contributed by atoms with Gasteiger partial charge in [0, 0.05) is 12.2 Å². The zero-order valence-electron chi connectivity index (χ0n) is 7.70. The van der Waals surface area contributed by atoms with E-state index >= 15 is 0 Å². The molecule has 0 atom stereocenters. The quantitative estimate of drug-likeness (QED) is 0.432. The number of ether oxygens (including phenoxy) is 1. The van der Waals surface area contributed by atoms with Crippen LogP contribution in [0.5, 0.6) is 0 Å². The Morgan fingerprint density at radius 3 is 3.21 bits per heavy atom. The maximum Gasteiger partial charge on any atom is 0.357 e. The van der Waals surface area contributed by atoms with Crippen LogP contribution in [0, 0.1) is 11.8 Å². The topological polar surface area (TPSA) is 55.0 Å². The highest BCUT2D eigenvalue weighted by Crippen LogP contribution is 2.03. The van der Waals surface area contributed by atoms with Gasteiger partial charge in [-0.2, -0.15) is 17.7 Å². The molecule has 0 fully saturated rings. The maximum absolute atomic E-state index is 11.2. The molecule has 74 valence electrons. The van der Waals surface area contributed by atoms with E-state index in [9.17, 15) is 4.79 Å². The molecule has 4 nitrogen and oxygen atoms in total. The van der Waals surface area contributed by atoms with E-state index in [1.165, 1.54) is 13.3 Å². The molecule has 5 heteroatoms. The molecule has 0 saturated heterocycles. The normalized spacial score (nSPS) is 9.00. The molecule has 1 rings (SSSR count). The van der Waals surface area contributed by atoms with Crippen LogP contribution in [0.1, 0.15) is 22.5 Å². The van der Waals surface area contributed by atoms with Crippen molar-refractivity contribution in [2.75, 3.05) is 12.9 Å². The summed E-state index contributed by atoms with van der Waals surface area (Å²) in [6.07, 6.45) is 2.17. The predicted molar refractivity (Wildman–Crippen MR) is 55.3 cm³/mol. The molecular weight excluding hydrogens is 200 g/mol. The molecule has 1 heterocycles. The van der Waals surface area contributed by atoms with Crippen molar-refractivity contribution in [3.05, 3.63) is 17.5 Å². The molecule has 14 heavy (non-hydrogen) atoms. The third-order valence-electron chi connectivity index (χ3n) is 1.49. The number of thiol groups is 1. The molecule has 0 aromatic carbocycles. The van der Waals surface area contributed by atoms with Crippen molar-refractivity contribution in [2.45, 2.75) is 6.42 Å². The van der Waals surface area contributed by atoms with Crippen LogP contribution in [-0.2, 0) is 4.74 Å². The van der Waals surface area contributed by atoms with Crippen LogP contribution in [0.3, 0.4) is 0 Å². The number of aromatic nitrogens is 2. The summed E-state index contributed by atoms with van der Waals surface area (Å²) < 4.78 is 4.55. The van der Waals surface area contributed by atoms with Gasteiger partial charge in [0.2, 0.25) is 0 Å². The van der Waals surface area contributed by atoms with Crippen molar-refractivity contribution in [3.63, 3.8) is 0 Å². The lowest BCUT2D eigenvalue weighted by atomic mass is 10.2. The fourth-order valence-corrected chi connectivity index (χ4v) is 0.964. The highest BCUT2D eigenvalue weighted by atomic mass is 32.1. The summed E-state index contributed by atoms with van der Waals surface area (Å²) >= 11 is 4.02. The highest BCUT2D eigenvalue weighted by molar-refractivity contribution is 7.80. The average molecular weight is 210 g/mol. The minimum atomic E-state index is -0.460. The van der Waals surface area contributed by atoms with E-state index in [0.717, 1.165) is 0 Å². The standard InChI is InChI=1S/C9H10N2O2S/c1-13-9(12)8-7(6-10-11-8)4-2-3-5-14/h6,14H,3,5H2,1H3,(H,10,11). The van der Waals surface area contributed by atoms with Crippen molar-refractivity contribution in [1.29, 1.82) is 0 Å². The summed E-state index contributed by atoms with van der Waals surface area (Å²) in [6.45, 7) is 0. The zero-order chi connectivity index (χ0) is 10.4. The van der Waals surface area contributed by atoms with Crippen LogP contribution in [0.15, 0.2) is 6.20 Å². The number of nitrogens with zero attached hydrogens (tertiary/aromatic N) is 1. The molecule has 0 unspecified atom stereocenters. The minimum Gasteiger partial charge on any atom is -0.464 e. The smallest absolute Gasteiger partial charge is 0.357 e. The SMILES string of the molecule is COC(=O)c1[nH]ncc1C#CCCS. The Kier molecular flexibility index (Phi) is 4.08. The van der Waals surface area contributed by atoms with Gasteiger partial charge in [0.15, 0.2) is 5.69 Å². The number of rotatable bonds is 2. The van der Waals surface area contributed by atoms with Crippen LogP contribution in [0.4, 0.5) is 0 Å². The minimum absolute atomic E-state index is 0.291. The first-order chi connectivity index (χ1) is 6.79. The van der Waals surface area contributed by atoms with Gasteiger partial charge in [0.25, 0.3) is 0 Å². The number of aromatic amines is 1. The summed E-state index contributed by atoms with van der Waals surface area (Å²) in [4.78, 5) is 11.2. The van der Waals surface area contributed by atoms with E-state index in [-0.39, 0.29) is 0 Å². The molecule has 0 aliphatic rings. The molecule has 0 amide bonds. The summed E-state index contributed by atoms with van der Waals surface area (Å²) in [7, 11) is 1.31. The molecule has 0 radical (unpaired) electrons. The summed E-state index contributed by atoms with van der Waals surface area (Å²) in [6, 6.07) is 0. The fraction of sp³-hybridized carbons (Fsp3) is 0.333. The van der Waals surface area contributed by atoms with Crippen molar-refractivity contribution in [2.24, 2.45) is 0 Å². The number of carbonyl (C=O) groups excluding carboxylic acids is 1. The fourth-order valence-electron chi connectivity index (χ4n) is 0.852. The van der Waals surface area contributed by atoms with Gasteiger partial charge < -0.3 is 4.74 Å². The summed E-state index contributed by atoms with van der Waals surface area (Å²) in [5.74, 6) is 5.91. The second-order valence-corrected chi connectivity index (χ2v) is 2.87. The van der Waals surface area contributed by atoms with Crippen molar-refractivity contribution in [3.8, 4) is 11.8 Å². The molecule has 1 aromatic heterocycles. The number of carbonyl (C=O) groups is 1. The molecule has 0 spiro atoms. The molecule has 0 saturated carbocycles. The number of nitrogens with one attached hydrogen (secondary N) is 1. The summed E-state index contributed by atoms with van der Waals surface area (Å²) in [5, 5.41) is 6.26. The van der Waals surface area contributed by atoms with Gasteiger partial charge in [0.05, 0.1) is 18.9 Å². The number of methoxy groups -OCH3 is 1. The largest absolute Gasteiger partial charge is 0.464 e. The number of H-pyrrole nitrogens is 1. The molecule has 0 aliphatic carbocycles. The molecule has 0 aliphatic heterocycles. The Hall–Kier alpha value is -1.41. The van der Waals surface area contributed by atoms with Gasteiger partial charge in [-0.3, -0.25) is 5.10 Å². The van der Waals surface area contributed by atoms with E-state index in [0.29, 0.717) is 23.4 Å². The van der Waals surface area contributed by atoms with Gasteiger partial charge in [-0.05, 0) is 0 Å². The third-order valence-corrected chi connectivity index (χ3v) is 1.71. The first-order valence-electron chi connectivity index (χ1n) is 4.01. The molecular formula is C9H10N2O2S. The van der Waals surface area contributed by atoms with E-state index in [1.807, 2.05) is 0 Å². The van der Waals surface area contributed by atoms with Crippen molar-refractivity contribution >= 4 is 18.6 Å². The van der Waals surface area contributed by atoms with E-state index in [4.69, 9.17) is 0 Å². The predicted octanol–water partition coefficient (Wildman–Crippen LogP) is 0.868. The maximum atomic E-state index is 11.2. The van der Waals surface area contributed by atoms with Crippen molar-refractivity contribution < 1.29 is 9.53 Å². The first kappa shape index (κ1) is 10.7.